The summed E-state index contributed by atoms with van der Waals surface area (Å²) in [6, 6.07) is 22.5. The minimum absolute atomic E-state index is 0.000468. The minimum Gasteiger partial charge on any atom is -0.399 e. The van der Waals surface area contributed by atoms with E-state index in [2.05, 4.69) is 0 Å². The Kier molecular flexibility index (Phi) is 4.11. The van der Waals surface area contributed by atoms with Crippen LogP contribution >= 0.6 is 0 Å². The van der Waals surface area contributed by atoms with Gasteiger partial charge in [-0.15, -0.1) is 0 Å². The molecule has 4 N–H and O–H groups in total. The summed E-state index contributed by atoms with van der Waals surface area (Å²) in [4.78, 5) is 12.4. The quantitative estimate of drug-likeness (QED) is 0.570. The summed E-state index contributed by atoms with van der Waals surface area (Å²) in [6.07, 6.45) is 0.793. The highest BCUT2D eigenvalue weighted by molar-refractivity contribution is 6.09. The van der Waals surface area contributed by atoms with Crippen LogP contribution in [0.15, 0.2) is 72.8 Å². The van der Waals surface area contributed by atoms with E-state index in [0.717, 1.165) is 23.2 Å². The molecule has 0 radical (unpaired) electrons. The number of rotatable bonds is 4. The van der Waals surface area contributed by atoms with Crippen LogP contribution in [0.5, 0.6) is 0 Å². The predicted octanol–water partition coefficient (Wildman–Crippen LogP) is 3.67. The molecule has 3 nitrogen and oxygen atoms in total. The number of carbonyl (C=O) groups excluding carboxylic acids is 1. The molecule has 0 heterocycles. The monoisotopic (exact) mass is 302 g/mol. The van der Waals surface area contributed by atoms with Crippen molar-refractivity contribution in [2.45, 2.75) is 6.42 Å². The van der Waals surface area contributed by atoms with E-state index in [-0.39, 0.29) is 5.78 Å². The zero-order chi connectivity index (χ0) is 16.2. The lowest BCUT2D eigenvalue weighted by atomic mass is 9.99. The van der Waals surface area contributed by atoms with E-state index in [4.69, 9.17) is 11.5 Å². The molecule has 0 unspecified atom stereocenters. The first-order valence-electron chi connectivity index (χ1n) is 7.45. The topological polar surface area (TPSA) is 69.1 Å². The molecule has 0 atom stereocenters. The molecule has 23 heavy (non-hydrogen) atoms. The maximum Gasteiger partial charge on any atom is 0.193 e. The van der Waals surface area contributed by atoms with Gasteiger partial charge < -0.3 is 11.5 Å². The van der Waals surface area contributed by atoms with Gasteiger partial charge in [0.2, 0.25) is 0 Å². The van der Waals surface area contributed by atoms with Gasteiger partial charge in [-0.3, -0.25) is 4.79 Å². The molecule has 114 valence electrons. The van der Waals surface area contributed by atoms with Crippen LogP contribution < -0.4 is 11.5 Å². The lowest BCUT2D eigenvalue weighted by molar-refractivity contribution is 0.103. The molecule has 3 aromatic rings. The van der Waals surface area contributed by atoms with Crippen LogP contribution in [0.1, 0.15) is 27.0 Å². The number of carbonyl (C=O) groups is 1. The number of hydrogen-bond acceptors (Lipinski definition) is 3. The number of anilines is 2. The van der Waals surface area contributed by atoms with Gasteiger partial charge in [0.05, 0.1) is 0 Å². The van der Waals surface area contributed by atoms with E-state index in [1.54, 1.807) is 24.3 Å². The second-order valence-corrected chi connectivity index (χ2v) is 5.57. The van der Waals surface area contributed by atoms with Gasteiger partial charge in [-0.2, -0.15) is 0 Å². The molecule has 0 spiro atoms. The summed E-state index contributed by atoms with van der Waals surface area (Å²) >= 11 is 0. The molecule has 0 fully saturated rings. The van der Waals surface area contributed by atoms with Crippen molar-refractivity contribution in [3.05, 3.63) is 95.1 Å². The van der Waals surface area contributed by atoms with Gasteiger partial charge in [0.25, 0.3) is 0 Å². The summed E-state index contributed by atoms with van der Waals surface area (Å²) in [6.45, 7) is 0. The molecular formula is C20H18N2O. The van der Waals surface area contributed by atoms with E-state index >= 15 is 0 Å². The first-order chi connectivity index (χ1) is 11.1. The van der Waals surface area contributed by atoms with Gasteiger partial charge in [-0.25, -0.2) is 0 Å². The Balaban J connectivity index is 1.76. The third kappa shape index (κ3) is 3.58. The van der Waals surface area contributed by atoms with Crippen LogP contribution in [0.4, 0.5) is 11.4 Å². The van der Waals surface area contributed by atoms with Gasteiger partial charge in [-0.1, -0.05) is 36.4 Å². The molecule has 0 aromatic heterocycles. The average molecular weight is 302 g/mol. The van der Waals surface area contributed by atoms with Crippen molar-refractivity contribution in [3.8, 4) is 0 Å². The van der Waals surface area contributed by atoms with E-state index < -0.39 is 0 Å². The van der Waals surface area contributed by atoms with Crippen LogP contribution in [0.25, 0.3) is 0 Å². The molecule has 3 heteroatoms. The number of hydrogen-bond donors (Lipinski definition) is 2. The summed E-state index contributed by atoms with van der Waals surface area (Å²) in [7, 11) is 0. The largest absolute Gasteiger partial charge is 0.399 e. The Morgan fingerprint density at radius 1 is 0.696 bits per heavy atom. The maximum absolute atomic E-state index is 12.4. The van der Waals surface area contributed by atoms with Crippen LogP contribution in [0, 0.1) is 0 Å². The van der Waals surface area contributed by atoms with E-state index in [0.29, 0.717) is 16.8 Å². The van der Waals surface area contributed by atoms with Crippen molar-refractivity contribution in [2.24, 2.45) is 0 Å². The third-order valence-electron chi connectivity index (χ3n) is 3.75. The summed E-state index contributed by atoms with van der Waals surface area (Å²) < 4.78 is 0. The zero-order valence-corrected chi connectivity index (χ0v) is 12.7. The minimum atomic E-state index is 0.000468. The predicted molar refractivity (Wildman–Crippen MR) is 94.4 cm³/mol. The Morgan fingerprint density at radius 2 is 1.30 bits per heavy atom. The Labute approximate surface area is 135 Å². The Hall–Kier alpha value is -3.07. The van der Waals surface area contributed by atoms with Gasteiger partial charge in [-0.05, 0) is 53.9 Å². The molecule has 0 saturated carbocycles. The summed E-state index contributed by atoms with van der Waals surface area (Å²) in [5, 5.41) is 0. The molecule has 0 aliphatic rings. The van der Waals surface area contributed by atoms with Crippen molar-refractivity contribution in [2.75, 3.05) is 11.5 Å². The highest BCUT2D eigenvalue weighted by Gasteiger charge is 2.08. The lowest BCUT2D eigenvalue weighted by Crippen LogP contribution is -2.01. The van der Waals surface area contributed by atoms with Crippen molar-refractivity contribution in [1.29, 1.82) is 0 Å². The van der Waals surface area contributed by atoms with Crippen molar-refractivity contribution >= 4 is 17.2 Å². The summed E-state index contributed by atoms with van der Waals surface area (Å²) in [5.41, 5.74) is 16.5. The van der Waals surface area contributed by atoms with Crippen LogP contribution in [0.3, 0.4) is 0 Å². The normalized spacial score (nSPS) is 10.4. The lowest BCUT2D eigenvalue weighted by Gasteiger charge is -2.05. The molecule has 0 aliphatic carbocycles. The van der Waals surface area contributed by atoms with Crippen molar-refractivity contribution in [3.63, 3.8) is 0 Å². The highest BCUT2D eigenvalue weighted by Crippen LogP contribution is 2.16. The van der Waals surface area contributed by atoms with Gasteiger partial charge in [0.15, 0.2) is 5.78 Å². The second-order valence-electron chi connectivity index (χ2n) is 5.57. The van der Waals surface area contributed by atoms with E-state index in [1.807, 2.05) is 48.5 Å². The fraction of sp³-hybridized carbons (Fsp3) is 0.0500. The van der Waals surface area contributed by atoms with Crippen LogP contribution in [-0.2, 0) is 6.42 Å². The van der Waals surface area contributed by atoms with E-state index in [9.17, 15) is 4.79 Å². The summed E-state index contributed by atoms with van der Waals surface area (Å²) in [5.74, 6) is 0.000468. The molecule has 0 saturated heterocycles. The molecule has 3 rings (SSSR count). The molecule has 0 aliphatic heterocycles. The third-order valence-corrected chi connectivity index (χ3v) is 3.75. The second kappa shape index (κ2) is 6.36. The highest BCUT2D eigenvalue weighted by atomic mass is 16.1. The zero-order valence-electron chi connectivity index (χ0n) is 12.7. The molecule has 0 bridgehead atoms. The number of benzene rings is 3. The number of ketones is 1. The van der Waals surface area contributed by atoms with Gasteiger partial charge >= 0.3 is 0 Å². The maximum atomic E-state index is 12.4. The Morgan fingerprint density at radius 3 is 1.91 bits per heavy atom. The van der Waals surface area contributed by atoms with E-state index in [1.165, 1.54) is 0 Å². The molecule has 3 aromatic carbocycles. The fourth-order valence-electron chi connectivity index (χ4n) is 2.51. The molecular weight excluding hydrogens is 284 g/mol. The standard InChI is InChI=1S/C20H18N2O/c21-18-10-8-17(9-11-18)20(23)16-6-4-14(5-7-16)12-15-2-1-3-19(22)13-15/h1-11,13H,12,21-22H2. The number of nitrogens with two attached hydrogens (primary N) is 2. The van der Waals surface area contributed by atoms with Crippen LogP contribution in [0.2, 0.25) is 0 Å². The number of nitrogen functional groups attached to an aromatic ring is 2. The first-order valence-corrected chi connectivity index (χ1v) is 7.45. The Bertz CT molecular complexity index is 821. The van der Waals surface area contributed by atoms with Crippen molar-refractivity contribution < 1.29 is 4.79 Å². The van der Waals surface area contributed by atoms with Gasteiger partial charge in [0.1, 0.15) is 0 Å². The average Bonchev–Trinajstić information content (AvgIpc) is 2.56. The van der Waals surface area contributed by atoms with Crippen LogP contribution in [-0.4, -0.2) is 5.78 Å². The molecule has 0 amide bonds. The smallest absolute Gasteiger partial charge is 0.193 e. The fourth-order valence-corrected chi connectivity index (χ4v) is 2.51. The van der Waals surface area contributed by atoms with Crippen molar-refractivity contribution in [1.82, 2.24) is 0 Å². The van der Waals surface area contributed by atoms with Gasteiger partial charge in [0, 0.05) is 22.5 Å². The SMILES string of the molecule is Nc1ccc(C(=O)c2ccc(Cc3cccc(N)c3)cc2)cc1. The first kappa shape index (κ1) is 14.9.